The maximum absolute atomic E-state index is 12.0. The SMILES string of the molecule is CCNC(=NCCC(F)(F)F)NCCNC(=O)C1CC1. The smallest absolute Gasteiger partial charge is 0.357 e. The highest BCUT2D eigenvalue weighted by Crippen LogP contribution is 2.28. The maximum atomic E-state index is 12.0. The molecule has 0 aromatic heterocycles. The summed E-state index contributed by atoms with van der Waals surface area (Å²) in [6, 6.07) is 0. The first-order valence-electron chi connectivity index (χ1n) is 6.79. The molecule has 0 aromatic carbocycles. The minimum Gasteiger partial charge on any atom is -0.357 e. The third-order valence-corrected chi connectivity index (χ3v) is 2.67. The molecule has 0 aromatic rings. The van der Waals surface area contributed by atoms with Crippen molar-refractivity contribution in [2.24, 2.45) is 10.9 Å². The number of amides is 1. The second-order valence-corrected chi connectivity index (χ2v) is 4.62. The van der Waals surface area contributed by atoms with Gasteiger partial charge in [0.25, 0.3) is 0 Å². The van der Waals surface area contributed by atoms with Crippen molar-refractivity contribution in [3.05, 3.63) is 0 Å². The Morgan fingerprint density at radius 1 is 1.20 bits per heavy atom. The molecule has 1 aliphatic carbocycles. The van der Waals surface area contributed by atoms with Crippen LogP contribution in [0.1, 0.15) is 26.2 Å². The highest BCUT2D eigenvalue weighted by atomic mass is 19.4. The van der Waals surface area contributed by atoms with E-state index in [2.05, 4.69) is 20.9 Å². The summed E-state index contributed by atoms with van der Waals surface area (Å²) in [7, 11) is 0. The van der Waals surface area contributed by atoms with Crippen LogP contribution in [0.15, 0.2) is 4.99 Å². The number of carbonyl (C=O) groups is 1. The molecular formula is C12H21F3N4O. The van der Waals surface area contributed by atoms with Gasteiger partial charge in [-0.05, 0) is 19.8 Å². The van der Waals surface area contributed by atoms with Gasteiger partial charge in [0.2, 0.25) is 5.91 Å². The highest BCUT2D eigenvalue weighted by Gasteiger charge is 2.29. The van der Waals surface area contributed by atoms with E-state index in [1.165, 1.54) is 0 Å². The maximum Gasteiger partial charge on any atom is 0.390 e. The summed E-state index contributed by atoms with van der Waals surface area (Å²) >= 11 is 0. The molecule has 5 nitrogen and oxygen atoms in total. The lowest BCUT2D eigenvalue weighted by molar-refractivity contribution is -0.132. The quantitative estimate of drug-likeness (QED) is 0.373. The predicted octanol–water partition coefficient (Wildman–Crippen LogP) is 1.02. The Kier molecular flexibility index (Phi) is 6.60. The average molecular weight is 294 g/mol. The zero-order valence-electron chi connectivity index (χ0n) is 11.5. The minimum atomic E-state index is -4.20. The molecule has 0 saturated heterocycles. The number of nitrogens with one attached hydrogen (secondary N) is 3. The van der Waals surface area contributed by atoms with Crippen molar-refractivity contribution in [1.82, 2.24) is 16.0 Å². The topological polar surface area (TPSA) is 65.5 Å². The predicted molar refractivity (Wildman–Crippen MR) is 70.4 cm³/mol. The van der Waals surface area contributed by atoms with Gasteiger partial charge in [-0.3, -0.25) is 9.79 Å². The van der Waals surface area contributed by atoms with Crippen LogP contribution in [0.3, 0.4) is 0 Å². The van der Waals surface area contributed by atoms with Crippen molar-refractivity contribution in [2.75, 3.05) is 26.2 Å². The van der Waals surface area contributed by atoms with E-state index in [9.17, 15) is 18.0 Å². The lowest BCUT2D eigenvalue weighted by Gasteiger charge is -2.12. The van der Waals surface area contributed by atoms with Gasteiger partial charge in [-0.25, -0.2) is 0 Å². The molecule has 1 fully saturated rings. The molecule has 3 N–H and O–H groups in total. The number of hydrogen-bond acceptors (Lipinski definition) is 2. The summed E-state index contributed by atoms with van der Waals surface area (Å²) in [6.07, 6.45) is -3.25. The Morgan fingerprint density at radius 2 is 1.85 bits per heavy atom. The lowest BCUT2D eigenvalue weighted by Crippen LogP contribution is -2.41. The minimum absolute atomic E-state index is 0.0470. The Hall–Kier alpha value is -1.47. The van der Waals surface area contributed by atoms with Crippen LogP contribution in [0.2, 0.25) is 0 Å². The number of nitrogens with zero attached hydrogens (tertiary/aromatic N) is 1. The Bertz CT molecular complexity index is 340. The second kappa shape index (κ2) is 7.96. The van der Waals surface area contributed by atoms with E-state index in [0.29, 0.717) is 25.6 Å². The molecule has 0 atom stereocenters. The van der Waals surface area contributed by atoms with Gasteiger partial charge in [-0.1, -0.05) is 0 Å². The monoisotopic (exact) mass is 294 g/mol. The number of alkyl halides is 3. The van der Waals surface area contributed by atoms with Gasteiger partial charge in [0, 0.05) is 25.6 Å². The van der Waals surface area contributed by atoms with E-state index < -0.39 is 12.6 Å². The van der Waals surface area contributed by atoms with E-state index in [-0.39, 0.29) is 18.4 Å². The second-order valence-electron chi connectivity index (χ2n) is 4.62. The summed E-state index contributed by atoms with van der Waals surface area (Å²) < 4.78 is 36.0. The number of hydrogen-bond donors (Lipinski definition) is 3. The Balaban J connectivity index is 2.19. The van der Waals surface area contributed by atoms with Crippen molar-refractivity contribution in [3.63, 3.8) is 0 Å². The number of guanidine groups is 1. The van der Waals surface area contributed by atoms with Gasteiger partial charge >= 0.3 is 6.18 Å². The number of halogens is 3. The van der Waals surface area contributed by atoms with Crippen LogP contribution in [0.25, 0.3) is 0 Å². The Morgan fingerprint density at radius 3 is 2.40 bits per heavy atom. The van der Waals surface area contributed by atoms with Crippen LogP contribution in [0, 0.1) is 5.92 Å². The van der Waals surface area contributed by atoms with Gasteiger partial charge in [-0.2, -0.15) is 13.2 Å². The first-order chi connectivity index (χ1) is 9.42. The van der Waals surface area contributed by atoms with Gasteiger partial charge in [-0.15, -0.1) is 0 Å². The van der Waals surface area contributed by atoms with Crippen molar-refractivity contribution >= 4 is 11.9 Å². The molecule has 1 rings (SSSR count). The van der Waals surface area contributed by atoms with Crippen LogP contribution in [0.5, 0.6) is 0 Å². The van der Waals surface area contributed by atoms with Gasteiger partial charge in [0.15, 0.2) is 5.96 Å². The normalized spacial score (nSPS) is 15.9. The standard InChI is InChI=1S/C12H21F3N4O/c1-2-16-11(18-6-5-12(13,14)15)19-8-7-17-10(20)9-3-4-9/h9H,2-8H2,1H3,(H,17,20)(H2,16,18,19). The van der Waals surface area contributed by atoms with Crippen LogP contribution in [-0.2, 0) is 4.79 Å². The summed E-state index contributed by atoms with van der Waals surface area (Å²) in [5, 5.41) is 8.49. The van der Waals surface area contributed by atoms with Crippen LogP contribution in [-0.4, -0.2) is 44.2 Å². The summed E-state index contributed by atoms with van der Waals surface area (Å²) in [5.74, 6) is 0.534. The lowest BCUT2D eigenvalue weighted by atomic mass is 10.4. The van der Waals surface area contributed by atoms with Crippen LogP contribution < -0.4 is 16.0 Å². The molecule has 20 heavy (non-hydrogen) atoms. The van der Waals surface area contributed by atoms with Gasteiger partial charge in [0.05, 0.1) is 13.0 Å². The number of rotatable bonds is 7. The van der Waals surface area contributed by atoms with Crippen molar-refractivity contribution in [3.8, 4) is 0 Å². The highest BCUT2D eigenvalue weighted by molar-refractivity contribution is 5.81. The largest absolute Gasteiger partial charge is 0.390 e. The molecule has 0 unspecified atom stereocenters. The van der Waals surface area contributed by atoms with Crippen LogP contribution >= 0.6 is 0 Å². The first-order valence-corrected chi connectivity index (χ1v) is 6.79. The van der Waals surface area contributed by atoms with Crippen molar-refractivity contribution in [2.45, 2.75) is 32.4 Å². The summed E-state index contributed by atoms with van der Waals surface area (Å²) in [6.45, 7) is 2.94. The molecular weight excluding hydrogens is 273 g/mol. The van der Waals surface area contributed by atoms with E-state index in [0.717, 1.165) is 12.8 Å². The fourth-order valence-corrected chi connectivity index (χ4v) is 1.49. The Labute approximate surface area is 116 Å². The van der Waals surface area contributed by atoms with Gasteiger partial charge in [0.1, 0.15) is 0 Å². The molecule has 1 amide bonds. The number of carbonyl (C=O) groups excluding carboxylic acids is 1. The van der Waals surface area contributed by atoms with E-state index in [1.807, 2.05) is 6.92 Å². The molecule has 116 valence electrons. The zero-order valence-corrected chi connectivity index (χ0v) is 11.5. The summed E-state index contributed by atoms with van der Waals surface area (Å²) in [5.41, 5.74) is 0. The molecule has 0 spiro atoms. The van der Waals surface area contributed by atoms with Crippen LogP contribution in [0.4, 0.5) is 13.2 Å². The number of aliphatic imine (C=N–C) groups is 1. The fraction of sp³-hybridized carbons (Fsp3) is 0.833. The third-order valence-electron chi connectivity index (χ3n) is 2.67. The van der Waals surface area contributed by atoms with Gasteiger partial charge < -0.3 is 16.0 Å². The van der Waals surface area contributed by atoms with Crippen molar-refractivity contribution in [1.29, 1.82) is 0 Å². The fourth-order valence-electron chi connectivity index (χ4n) is 1.49. The molecule has 0 bridgehead atoms. The molecule has 8 heteroatoms. The van der Waals surface area contributed by atoms with Crippen molar-refractivity contribution < 1.29 is 18.0 Å². The molecule has 0 radical (unpaired) electrons. The zero-order chi connectivity index (χ0) is 15.0. The molecule has 1 aliphatic rings. The molecule has 0 heterocycles. The average Bonchev–Trinajstić information content (AvgIpc) is 3.16. The van der Waals surface area contributed by atoms with E-state index >= 15 is 0 Å². The van der Waals surface area contributed by atoms with E-state index in [1.54, 1.807) is 0 Å². The summed E-state index contributed by atoms with van der Waals surface area (Å²) in [4.78, 5) is 15.2. The third kappa shape index (κ3) is 7.85. The molecule has 0 aliphatic heterocycles. The first kappa shape index (κ1) is 16.6. The van der Waals surface area contributed by atoms with E-state index in [4.69, 9.17) is 0 Å². The molecule has 1 saturated carbocycles.